The van der Waals surface area contributed by atoms with E-state index in [0.717, 1.165) is 5.56 Å². The molecule has 1 unspecified atom stereocenters. The van der Waals surface area contributed by atoms with Gasteiger partial charge in [-0.3, -0.25) is 14.3 Å². The highest BCUT2D eigenvalue weighted by molar-refractivity contribution is 8.00. The molecule has 0 bridgehead atoms. The Bertz CT molecular complexity index is 1350. The lowest BCUT2D eigenvalue weighted by Gasteiger charge is -2.14. The molecular formula is C23H16Cl2N6OS. The highest BCUT2D eigenvalue weighted by Gasteiger charge is 2.22. The molecule has 164 valence electrons. The summed E-state index contributed by atoms with van der Waals surface area (Å²) in [6, 6.07) is 17.7. The zero-order chi connectivity index (χ0) is 23.4. The van der Waals surface area contributed by atoms with Gasteiger partial charge in [-0.1, -0.05) is 41.0 Å². The van der Waals surface area contributed by atoms with Gasteiger partial charge >= 0.3 is 0 Å². The van der Waals surface area contributed by atoms with Gasteiger partial charge in [0, 0.05) is 23.6 Å². The van der Waals surface area contributed by atoms with Gasteiger partial charge < -0.3 is 5.32 Å². The van der Waals surface area contributed by atoms with E-state index in [0.29, 0.717) is 38.0 Å². The van der Waals surface area contributed by atoms with Gasteiger partial charge in [0.15, 0.2) is 11.0 Å². The first-order valence-corrected chi connectivity index (χ1v) is 11.4. The third-order valence-corrected chi connectivity index (χ3v) is 6.41. The molecule has 0 fully saturated rings. The van der Waals surface area contributed by atoms with Crippen molar-refractivity contribution in [2.45, 2.75) is 17.3 Å². The second-order valence-electron chi connectivity index (χ2n) is 6.92. The van der Waals surface area contributed by atoms with E-state index in [1.54, 1.807) is 67.8 Å². The molecular weight excluding hydrogens is 479 g/mol. The Kier molecular flexibility index (Phi) is 6.94. The molecule has 0 aliphatic carbocycles. The summed E-state index contributed by atoms with van der Waals surface area (Å²) in [4.78, 5) is 17.0. The summed E-state index contributed by atoms with van der Waals surface area (Å²) < 4.78 is 1.81. The van der Waals surface area contributed by atoms with Gasteiger partial charge in [0.1, 0.15) is 0 Å². The maximum Gasteiger partial charge on any atom is 0.237 e. The zero-order valence-corrected chi connectivity index (χ0v) is 19.6. The quantitative estimate of drug-likeness (QED) is 0.349. The van der Waals surface area contributed by atoms with Crippen molar-refractivity contribution in [2.24, 2.45) is 0 Å². The minimum Gasteiger partial charge on any atom is -0.325 e. The highest BCUT2D eigenvalue weighted by atomic mass is 35.5. The Morgan fingerprint density at radius 3 is 2.70 bits per heavy atom. The molecule has 0 spiro atoms. The number of carbonyl (C=O) groups is 1. The SMILES string of the molecule is CC(Sc1nnc(-c2cccnc2)n1-c1ccc(Cl)c(Cl)c1)C(=O)Nc1cccc(C#N)c1. The molecule has 10 heteroatoms. The number of hydrogen-bond acceptors (Lipinski definition) is 6. The van der Waals surface area contributed by atoms with Crippen LogP contribution in [0.3, 0.4) is 0 Å². The monoisotopic (exact) mass is 494 g/mol. The first kappa shape index (κ1) is 22.8. The largest absolute Gasteiger partial charge is 0.325 e. The molecule has 1 atom stereocenters. The summed E-state index contributed by atoms with van der Waals surface area (Å²) in [5, 5.41) is 21.4. The maximum absolute atomic E-state index is 12.8. The smallest absolute Gasteiger partial charge is 0.237 e. The fourth-order valence-electron chi connectivity index (χ4n) is 3.01. The molecule has 7 nitrogen and oxygen atoms in total. The Morgan fingerprint density at radius 2 is 1.97 bits per heavy atom. The number of halogens is 2. The number of nitrogens with one attached hydrogen (secondary N) is 1. The number of benzene rings is 2. The van der Waals surface area contributed by atoms with Crippen LogP contribution in [0.1, 0.15) is 12.5 Å². The molecule has 0 aliphatic heterocycles. The van der Waals surface area contributed by atoms with Crippen molar-refractivity contribution in [2.75, 3.05) is 5.32 Å². The predicted molar refractivity (Wildman–Crippen MR) is 130 cm³/mol. The summed E-state index contributed by atoms with van der Waals surface area (Å²) in [5.74, 6) is 0.319. The van der Waals surface area contributed by atoms with Crippen LogP contribution in [0.5, 0.6) is 0 Å². The van der Waals surface area contributed by atoms with Crippen LogP contribution in [0.25, 0.3) is 17.1 Å². The fourth-order valence-corrected chi connectivity index (χ4v) is 4.17. The van der Waals surface area contributed by atoms with Gasteiger partial charge in [-0.15, -0.1) is 10.2 Å². The minimum atomic E-state index is -0.511. The van der Waals surface area contributed by atoms with Crippen molar-refractivity contribution in [3.8, 4) is 23.1 Å². The molecule has 2 heterocycles. The van der Waals surface area contributed by atoms with Gasteiger partial charge in [-0.25, -0.2) is 0 Å². The molecule has 2 aromatic carbocycles. The maximum atomic E-state index is 12.8. The van der Waals surface area contributed by atoms with E-state index in [1.807, 2.05) is 10.6 Å². The first-order chi connectivity index (χ1) is 16.0. The Balaban J connectivity index is 1.65. The topological polar surface area (TPSA) is 96.5 Å². The van der Waals surface area contributed by atoms with Gasteiger partial charge in [0.2, 0.25) is 5.91 Å². The van der Waals surface area contributed by atoms with Crippen molar-refractivity contribution in [1.29, 1.82) is 5.26 Å². The van der Waals surface area contributed by atoms with Crippen molar-refractivity contribution in [3.05, 3.63) is 82.6 Å². The number of hydrogen-bond donors (Lipinski definition) is 1. The molecule has 1 N–H and O–H groups in total. The third-order valence-electron chi connectivity index (χ3n) is 4.63. The number of pyridine rings is 1. The molecule has 4 aromatic rings. The van der Waals surface area contributed by atoms with E-state index in [9.17, 15) is 4.79 Å². The number of nitriles is 1. The standard InChI is InChI=1S/C23H16Cl2N6OS/c1-14(22(32)28-17-6-2-4-15(10-17)12-26)33-23-30-29-21(16-5-3-9-27-13-16)31(23)18-7-8-19(24)20(25)11-18/h2-11,13-14H,1H3,(H,28,32). The number of anilines is 1. The van der Waals surface area contributed by atoms with Crippen LogP contribution >= 0.6 is 35.0 Å². The first-order valence-electron chi connectivity index (χ1n) is 9.75. The lowest BCUT2D eigenvalue weighted by Crippen LogP contribution is -2.23. The van der Waals surface area contributed by atoms with Crippen molar-refractivity contribution in [1.82, 2.24) is 19.7 Å². The van der Waals surface area contributed by atoms with Crippen molar-refractivity contribution >= 4 is 46.6 Å². The number of carbonyl (C=O) groups excluding carboxylic acids is 1. The molecule has 0 saturated carbocycles. The van der Waals surface area contributed by atoms with E-state index < -0.39 is 5.25 Å². The second-order valence-corrected chi connectivity index (χ2v) is 9.05. The molecule has 0 aliphatic rings. The molecule has 1 amide bonds. The summed E-state index contributed by atoms with van der Waals surface area (Å²) in [6.45, 7) is 1.77. The number of amides is 1. The number of rotatable bonds is 6. The fraction of sp³-hybridized carbons (Fsp3) is 0.0870. The average Bonchev–Trinajstić information content (AvgIpc) is 3.25. The number of aromatic nitrogens is 4. The lowest BCUT2D eigenvalue weighted by atomic mass is 10.2. The number of thioether (sulfide) groups is 1. The highest BCUT2D eigenvalue weighted by Crippen LogP contribution is 2.33. The van der Waals surface area contributed by atoms with Crippen LogP contribution < -0.4 is 5.32 Å². The third kappa shape index (κ3) is 5.17. The van der Waals surface area contributed by atoms with Crippen LogP contribution in [-0.4, -0.2) is 30.9 Å². The van der Waals surface area contributed by atoms with Crippen LogP contribution in [0.15, 0.2) is 72.1 Å². The van der Waals surface area contributed by atoms with E-state index in [4.69, 9.17) is 28.5 Å². The van der Waals surface area contributed by atoms with Crippen molar-refractivity contribution in [3.63, 3.8) is 0 Å². The van der Waals surface area contributed by atoms with Crippen LogP contribution in [-0.2, 0) is 4.79 Å². The molecule has 2 aromatic heterocycles. The molecule has 4 rings (SSSR count). The Hall–Kier alpha value is -3.38. The predicted octanol–water partition coefficient (Wildman–Crippen LogP) is 5.63. The van der Waals surface area contributed by atoms with E-state index in [1.165, 1.54) is 11.8 Å². The van der Waals surface area contributed by atoms with Crippen LogP contribution in [0, 0.1) is 11.3 Å². The molecule has 0 radical (unpaired) electrons. The zero-order valence-electron chi connectivity index (χ0n) is 17.2. The van der Waals surface area contributed by atoms with Gasteiger partial charge in [0.05, 0.1) is 32.6 Å². The Morgan fingerprint density at radius 1 is 1.12 bits per heavy atom. The van der Waals surface area contributed by atoms with Gasteiger partial charge in [-0.05, 0) is 55.5 Å². The summed E-state index contributed by atoms with van der Waals surface area (Å²) >= 11 is 13.6. The van der Waals surface area contributed by atoms with E-state index in [-0.39, 0.29) is 5.91 Å². The summed E-state index contributed by atoms with van der Waals surface area (Å²) in [5.41, 5.74) is 2.47. The number of nitrogens with zero attached hydrogens (tertiary/aromatic N) is 5. The van der Waals surface area contributed by atoms with Crippen LogP contribution in [0.2, 0.25) is 10.0 Å². The lowest BCUT2D eigenvalue weighted by molar-refractivity contribution is -0.115. The van der Waals surface area contributed by atoms with E-state index >= 15 is 0 Å². The molecule has 33 heavy (non-hydrogen) atoms. The minimum absolute atomic E-state index is 0.235. The van der Waals surface area contributed by atoms with Crippen LogP contribution in [0.4, 0.5) is 5.69 Å². The van der Waals surface area contributed by atoms with Crippen molar-refractivity contribution < 1.29 is 4.79 Å². The summed E-state index contributed by atoms with van der Waals surface area (Å²) in [6.07, 6.45) is 3.36. The molecule has 0 saturated heterocycles. The normalized spacial score (nSPS) is 11.6. The second kappa shape index (κ2) is 10.0. The van der Waals surface area contributed by atoms with E-state index in [2.05, 4.69) is 26.6 Å². The summed E-state index contributed by atoms with van der Waals surface area (Å²) in [7, 11) is 0. The Labute approximate surface area is 204 Å². The van der Waals surface area contributed by atoms with Gasteiger partial charge in [-0.2, -0.15) is 5.26 Å². The average molecular weight is 495 g/mol. The van der Waals surface area contributed by atoms with Gasteiger partial charge in [0.25, 0.3) is 0 Å².